The summed E-state index contributed by atoms with van der Waals surface area (Å²) in [6.45, 7) is 0.643. The number of hydrogen-bond acceptors (Lipinski definition) is 2. The van der Waals surface area contributed by atoms with Crippen molar-refractivity contribution in [2.24, 2.45) is 0 Å². The Morgan fingerprint density at radius 1 is 1.07 bits per heavy atom. The van der Waals surface area contributed by atoms with Gasteiger partial charge in [0, 0.05) is 11.9 Å². The van der Waals surface area contributed by atoms with Crippen molar-refractivity contribution in [3.8, 4) is 0 Å². The summed E-state index contributed by atoms with van der Waals surface area (Å²) in [5.41, 5.74) is 1.93. The summed E-state index contributed by atoms with van der Waals surface area (Å²) in [4.78, 5) is 4.20. The minimum atomic E-state index is 0.643. The van der Waals surface area contributed by atoms with Crippen molar-refractivity contribution in [2.45, 2.75) is 6.54 Å². The molecule has 3 heteroatoms. The maximum Gasteiger partial charge on any atom is 0.0780 e. The zero-order chi connectivity index (χ0) is 10.5. The van der Waals surface area contributed by atoms with Crippen LogP contribution in [-0.4, -0.2) is 4.98 Å². The summed E-state index contributed by atoms with van der Waals surface area (Å²) in [5.74, 6) is 0. The van der Waals surface area contributed by atoms with Gasteiger partial charge in [-0.15, -0.1) is 0 Å². The van der Waals surface area contributed by atoms with Gasteiger partial charge >= 0.3 is 0 Å². The van der Waals surface area contributed by atoms with Crippen LogP contribution in [0.2, 0.25) is 5.02 Å². The number of benzene rings is 1. The largest absolute Gasteiger partial charge is 0.379 e. The first-order valence-electron chi connectivity index (χ1n) is 4.74. The number of hydrogen-bond donors (Lipinski definition) is 1. The maximum absolute atomic E-state index is 5.99. The fraction of sp³-hybridized carbons (Fsp3) is 0.0833. The number of para-hydroxylation sites is 1. The highest BCUT2D eigenvalue weighted by Crippen LogP contribution is 2.14. The standard InChI is InChI=1S/C12H11ClN2/c13-11-7-4-8-14-12(11)9-15-10-5-2-1-3-6-10/h1-8,15H,9H2. The van der Waals surface area contributed by atoms with Crippen LogP contribution in [0.25, 0.3) is 0 Å². The van der Waals surface area contributed by atoms with E-state index in [1.807, 2.05) is 42.5 Å². The molecule has 0 spiro atoms. The molecule has 0 aliphatic heterocycles. The summed E-state index contributed by atoms with van der Waals surface area (Å²) in [6, 6.07) is 13.7. The van der Waals surface area contributed by atoms with Gasteiger partial charge in [0.2, 0.25) is 0 Å². The van der Waals surface area contributed by atoms with Gasteiger partial charge in [-0.05, 0) is 24.3 Å². The summed E-state index contributed by atoms with van der Waals surface area (Å²) < 4.78 is 0. The molecule has 0 saturated carbocycles. The molecular weight excluding hydrogens is 208 g/mol. The summed E-state index contributed by atoms with van der Waals surface area (Å²) in [5, 5.41) is 3.95. The molecule has 1 N–H and O–H groups in total. The smallest absolute Gasteiger partial charge is 0.0780 e. The van der Waals surface area contributed by atoms with Gasteiger partial charge < -0.3 is 5.32 Å². The van der Waals surface area contributed by atoms with Crippen LogP contribution in [0.1, 0.15) is 5.69 Å². The monoisotopic (exact) mass is 218 g/mol. The molecule has 2 nitrogen and oxygen atoms in total. The summed E-state index contributed by atoms with van der Waals surface area (Å²) >= 11 is 5.99. The van der Waals surface area contributed by atoms with E-state index in [4.69, 9.17) is 11.6 Å². The van der Waals surface area contributed by atoms with E-state index in [1.165, 1.54) is 0 Å². The van der Waals surface area contributed by atoms with E-state index in [9.17, 15) is 0 Å². The highest BCUT2D eigenvalue weighted by atomic mass is 35.5. The average Bonchev–Trinajstić information content (AvgIpc) is 2.29. The molecule has 15 heavy (non-hydrogen) atoms. The quantitative estimate of drug-likeness (QED) is 0.855. The SMILES string of the molecule is Clc1cccnc1CNc1ccccc1. The Balaban J connectivity index is 2.03. The normalized spacial score (nSPS) is 9.93. The van der Waals surface area contributed by atoms with Crippen molar-refractivity contribution in [3.05, 3.63) is 59.4 Å². The molecule has 0 fully saturated rings. The molecule has 1 aromatic carbocycles. The van der Waals surface area contributed by atoms with Gasteiger partial charge in [-0.2, -0.15) is 0 Å². The van der Waals surface area contributed by atoms with E-state index in [-0.39, 0.29) is 0 Å². The second-order valence-corrected chi connectivity index (χ2v) is 3.56. The Bertz CT molecular complexity index is 429. The van der Waals surface area contributed by atoms with Gasteiger partial charge in [-0.25, -0.2) is 0 Å². The Morgan fingerprint density at radius 2 is 1.87 bits per heavy atom. The molecule has 1 heterocycles. The molecule has 0 aliphatic carbocycles. The molecule has 0 amide bonds. The van der Waals surface area contributed by atoms with Crippen LogP contribution in [0.3, 0.4) is 0 Å². The number of anilines is 1. The number of nitrogens with one attached hydrogen (secondary N) is 1. The van der Waals surface area contributed by atoms with Gasteiger partial charge in [0.05, 0.1) is 17.3 Å². The van der Waals surface area contributed by atoms with E-state index in [2.05, 4.69) is 10.3 Å². The van der Waals surface area contributed by atoms with Crippen LogP contribution >= 0.6 is 11.6 Å². The third-order valence-corrected chi connectivity index (χ3v) is 2.41. The maximum atomic E-state index is 5.99. The molecule has 76 valence electrons. The van der Waals surface area contributed by atoms with Crippen LogP contribution in [0.15, 0.2) is 48.7 Å². The fourth-order valence-corrected chi connectivity index (χ4v) is 1.48. The van der Waals surface area contributed by atoms with Gasteiger partial charge in [0.1, 0.15) is 0 Å². The Morgan fingerprint density at radius 3 is 2.60 bits per heavy atom. The van der Waals surface area contributed by atoms with Crippen molar-refractivity contribution in [2.75, 3.05) is 5.32 Å². The molecule has 0 radical (unpaired) electrons. The van der Waals surface area contributed by atoms with Crippen LogP contribution < -0.4 is 5.32 Å². The molecule has 2 rings (SSSR count). The highest BCUT2D eigenvalue weighted by molar-refractivity contribution is 6.31. The van der Waals surface area contributed by atoms with Gasteiger partial charge in [0.25, 0.3) is 0 Å². The van der Waals surface area contributed by atoms with E-state index in [1.54, 1.807) is 6.20 Å². The molecule has 0 bridgehead atoms. The predicted molar refractivity (Wildman–Crippen MR) is 63.0 cm³/mol. The third-order valence-electron chi connectivity index (χ3n) is 2.07. The first-order valence-corrected chi connectivity index (χ1v) is 5.12. The van der Waals surface area contributed by atoms with E-state index in [0.29, 0.717) is 11.6 Å². The van der Waals surface area contributed by atoms with Crippen LogP contribution in [0, 0.1) is 0 Å². The highest BCUT2D eigenvalue weighted by Gasteiger charge is 1.99. The van der Waals surface area contributed by atoms with E-state index < -0.39 is 0 Å². The average molecular weight is 219 g/mol. The van der Waals surface area contributed by atoms with Crippen molar-refractivity contribution >= 4 is 17.3 Å². The van der Waals surface area contributed by atoms with Gasteiger partial charge in [-0.1, -0.05) is 29.8 Å². The van der Waals surface area contributed by atoms with E-state index >= 15 is 0 Å². The zero-order valence-corrected chi connectivity index (χ0v) is 8.91. The summed E-state index contributed by atoms with van der Waals surface area (Å²) in [6.07, 6.45) is 1.74. The van der Waals surface area contributed by atoms with Gasteiger partial charge in [0.15, 0.2) is 0 Å². The first kappa shape index (κ1) is 9.99. The van der Waals surface area contributed by atoms with Crippen molar-refractivity contribution < 1.29 is 0 Å². The lowest BCUT2D eigenvalue weighted by molar-refractivity contribution is 1.05. The number of nitrogens with zero attached hydrogens (tertiary/aromatic N) is 1. The predicted octanol–water partition coefficient (Wildman–Crippen LogP) is 3.35. The minimum Gasteiger partial charge on any atom is -0.379 e. The molecule has 2 aromatic rings. The number of pyridine rings is 1. The van der Waals surface area contributed by atoms with Gasteiger partial charge in [-0.3, -0.25) is 4.98 Å². The second kappa shape index (κ2) is 4.80. The lowest BCUT2D eigenvalue weighted by atomic mass is 10.3. The van der Waals surface area contributed by atoms with Crippen LogP contribution in [-0.2, 0) is 6.54 Å². The van der Waals surface area contributed by atoms with Crippen molar-refractivity contribution in [1.29, 1.82) is 0 Å². The molecule has 0 saturated heterocycles. The lowest BCUT2D eigenvalue weighted by Gasteiger charge is -2.06. The Kier molecular flexibility index (Phi) is 3.20. The number of aromatic nitrogens is 1. The Hall–Kier alpha value is -1.54. The van der Waals surface area contributed by atoms with Crippen molar-refractivity contribution in [3.63, 3.8) is 0 Å². The second-order valence-electron chi connectivity index (χ2n) is 3.15. The molecule has 0 aliphatic rings. The molecule has 0 unspecified atom stereocenters. The molecule has 0 atom stereocenters. The molecule has 1 aromatic heterocycles. The van der Waals surface area contributed by atoms with Crippen molar-refractivity contribution in [1.82, 2.24) is 4.98 Å². The molecular formula is C12H11ClN2. The lowest BCUT2D eigenvalue weighted by Crippen LogP contribution is -2.01. The number of halogens is 1. The third kappa shape index (κ3) is 2.70. The fourth-order valence-electron chi connectivity index (χ4n) is 1.29. The van der Waals surface area contributed by atoms with Crippen LogP contribution in [0.4, 0.5) is 5.69 Å². The first-order chi connectivity index (χ1) is 7.36. The zero-order valence-electron chi connectivity index (χ0n) is 8.15. The van der Waals surface area contributed by atoms with Crippen LogP contribution in [0.5, 0.6) is 0 Å². The summed E-state index contributed by atoms with van der Waals surface area (Å²) in [7, 11) is 0. The minimum absolute atomic E-state index is 0.643. The van der Waals surface area contributed by atoms with E-state index in [0.717, 1.165) is 11.4 Å². The topological polar surface area (TPSA) is 24.9 Å². The number of rotatable bonds is 3. The Labute approximate surface area is 93.9 Å².